The highest BCUT2D eigenvalue weighted by Crippen LogP contribution is 2.36. The fourth-order valence-corrected chi connectivity index (χ4v) is 5.49. The molecule has 1 heteroatoms. The molecule has 0 fully saturated rings. The molecule has 0 radical (unpaired) electrons. The Kier molecular flexibility index (Phi) is 18.8. The summed E-state index contributed by atoms with van der Waals surface area (Å²) in [7, 11) is 2.23. The summed E-state index contributed by atoms with van der Waals surface area (Å²) in [5.41, 5.74) is 3.39. The second-order valence-corrected chi connectivity index (χ2v) is 10.5. The molecule has 33 heavy (non-hydrogen) atoms. The van der Waals surface area contributed by atoms with Gasteiger partial charge in [-0.15, -0.1) is 0 Å². The standard InChI is InChI=1S/C32H59N/c1-5-8-11-14-17-20-25-30-26-21-22-27-31(30)32(33-4,28-23-18-15-12-9-6-2)29-24-19-16-13-10-7-3/h21-22,26-27,33H,5-20,23-25,28-29H2,1-4H3. The summed E-state index contributed by atoms with van der Waals surface area (Å²) in [6.07, 6.45) is 28.7. The molecule has 1 N–H and O–H groups in total. The minimum atomic E-state index is 0.161. The van der Waals surface area contributed by atoms with Crippen LogP contribution in [0.3, 0.4) is 0 Å². The van der Waals surface area contributed by atoms with Crippen molar-refractivity contribution in [2.45, 2.75) is 161 Å². The SMILES string of the molecule is CCCCCCCCc1ccccc1C(CCCCCCCC)(CCCCCCCC)NC. The number of rotatable bonds is 23. The van der Waals surface area contributed by atoms with Crippen LogP contribution in [-0.4, -0.2) is 7.05 Å². The smallest absolute Gasteiger partial charge is 0.0434 e. The first-order chi connectivity index (χ1) is 16.2. The van der Waals surface area contributed by atoms with Crippen LogP contribution in [0.2, 0.25) is 0 Å². The van der Waals surface area contributed by atoms with Crippen LogP contribution >= 0.6 is 0 Å². The van der Waals surface area contributed by atoms with Crippen LogP contribution in [0.25, 0.3) is 0 Å². The molecule has 1 nitrogen and oxygen atoms in total. The van der Waals surface area contributed by atoms with E-state index in [0.29, 0.717) is 0 Å². The van der Waals surface area contributed by atoms with Crippen molar-refractivity contribution in [1.82, 2.24) is 5.32 Å². The Bertz CT molecular complexity index is 533. The number of aryl methyl sites for hydroxylation is 1. The predicted octanol–water partition coefficient (Wildman–Crippen LogP) is 10.5. The summed E-state index contributed by atoms with van der Waals surface area (Å²) < 4.78 is 0. The van der Waals surface area contributed by atoms with Gasteiger partial charge in [0.2, 0.25) is 0 Å². The molecule has 0 saturated carbocycles. The van der Waals surface area contributed by atoms with Gasteiger partial charge in [-0.05, 0) is 43.9 Å². The van der Waals surface area contributed by atoms with Gasteiger partial charge in [-0.25, -0.2) is 0 Å². The zero-order valence-electron chi connectivity index (χ0n) is 23.2. The lowest BCUT2D eigenvalue weighted by atomic mass is 9.77. The van der Waals surface area contributed by atoms with Gasteiger partial charge in [0.1, 0.15) is 0 Å². The van der Waals surface area contributed by atoms with Crippen LogP contribution in [0.4, 0.5) is 0 Å². The maximum absolute atomic E-state index is 3.89. The lowest BCUT2D eigenvalue weighted by Crippen LogP contribution is -2.41. The van der Waals surface area contributed by atoms with Crippen LogP contribution < -0.4 is 5.32 Å². The molecule has 0 spiro atoms. The Morgan fingerprint density at radius 2 is 0.970 bits per heavy atom. The van der Waals surface area contributed by atoms with Crippen molar-refractivity contribution in [3.8, 4) is 0 Å². The number of hydrogen-bond acceptors (Lipinski definition) is 1. The van der Waals surface area contributed by atoms with Gasteiger partial charge in [0.25, 0.3) is 0 Å². The molecule has 0 aliphatic heterocycles. The summed E-state index contributed by atoms with van der Waals surface area (Å²) >= 11 is 0. The number of benzene rings is 1. The zero-order chi connectivity index (χ0) is 24.0. The first-order valence-electron chi connectivity index (χ1n) is 15.0. The van der Waals surface area contributed by atoms with Gasteiger partial charge >= 0.3 is 0 Å². The van der Waals surface area contributed by atoms with Gasteiger partial charge in [0, 0.05) is 5.54 Å². The van der Waals surface area contributed by atoms with Crippen molar-refractivity contribution in [2.24, 2.45) is 0 Å². The van der Waals surface area contributed by atoms with E-state index in [9.17, 15) is 0 Å². The van der Waals surface area contributed by atoms with E-state index in [1.54, 1.807) is 11.1 Å². The van der Waals surface area contributed by atoms with Gasteiger partial charge in [-0.2, -0.15) is 0 Å². The minimum absolute atomic E-state index is 0.161. The third-order valence-corrected chi connectivity index (χ3v) is 7.73. The molecule has 0 saturated heterocycles. The third-order valence-electron chi connectivity index (χ3n) is 7.73. The van der Waals surface area contributed by atoms with E-state index >= 15 is 0 Å². The lowest BCUT2D eigenvalue weighted by Gasteiger charge is -2.37. The fourth-order valence-electron chi connectivity index (χ4n) is 5.49. The van der Waals surface area contributed by atoms with E-state index in [1.807, 2.05) is 0 Å². The largest absolute Gasteiger partial charge is 0.310 e. The maximum Gasteiger partial charge on any atom is 0.0434 e. The van der Waals surface area contributed by atoms with Crippen LogP contribution in [0.1, 0.15) is 160 Å². The molecule has 0 bridgehead atoms. The molecule has 0 atom stereocenters. The molecule has 192 valence electrons. The second-order valence-electron chi connectivity index (χ2n) is 10.5. The Morgan fingerprint density at radius 1 is 0.545 bits per heavy atom. The van der Waals surface area contributed by atoms with E-state index in [1.165, 1.54) is 135 Å². The molecule has 0 aliphatic carbocycles. The van der Waals surface area contributed by atoms with Crippen molar-refractivity contribution in [1.29, 1.82) is 0 Å². The van der Waals surface area contributed by atoms with E-state index in [-0.39, 0.29) is 5.54 Å². The maximum atomic E-state index is 3.89. The summed E-state index contributed by atoms with van der Waals surface area (Å²) in [6.45, 7) is 6.93. The Labute approximate surface area is 208 Å². The quantitative estimate of drug-likeness (QED) is 0.161. The monoisotopic (exact) mass is 457 g/mol. The summed E-state index contributed by atoms with van der Waals surface area (Å²) in [5, 5.41) is 3.89. The summed E-state index contributed by atoms with van der Waals surface area (Å²) in [5.74, 6) is 0. The molecular formula is C32H59N. The molecule has 0 heterocycles. The molecule has 0 aliphatic rings. The summed E-state index contributed by atoms with van der Waals surface area (Å²) in [4.78, 5) is 0. The van der Waals surface area contributed by atoms with Gasteiger partial charge in [0.15, 0.2) is 0 Å². The molecule has 1 rings (SSSR count). The summed E-state index contributed by atoms with van der Waals surface area (Å²) in [6, 6.07) is 9.44. The average Bonchev–Trinajstić information content (AvgIpc) is 2.85. The lowest BCUT2D eigenvalue weighted by molar-refractivity contribution is 0.282. The van der Waals surface area contributed by atoms with Gasteiger partial charge in [-0.3, -0.25) is 0 Å². The van der Waals surface area contributed by atoms with E-state index in [2.05, 4.69) is 57.4 Å². The fraction of sp³-hybridized carbons (Fsp3) is 0.812. The first kappa shape index (κ1) is 30.2. The van der Waals surface area contributed by atoms with Crippen LogP contribution in [0.15, 0.2) is 24.3 Å². The van der Waals surface area contributed by atoms with Gasteiger partial charge in [-0.1, -0.05) is 154 Å². The van der Waals surface area contributed by atoms with Crippen molar-refractivity contribution >= 4 is 0 Å². The van der Waals surface area contributed by atoms with Crippen molar-refractivity contribution in [2.75, 3.05) is 7.05 Å². The second kappa shape index (κ2) is 20.5. The average molecular weight is 458 g/mol. The minimum Gasteiger partial charge on any atom is -0.310 e. The predicted molar refractivity (Wildman–Crippen MR) is 150 cm³/mol. The highest BCUT2D eigenvalue weighted by atomic mass is 14.9. The van der Waals surface area contributed by atoms with E-state index < -0.39 is 0 Å². The normalized spacial score (nSPS) is 11.9. The molecule has 0 amide bonds. The highest BCUT2D eigenvalue weighted by Gasteiger charge is 2.31. The van der Waals surface area contributed by atoms with Crippen molar-refractivity contribution in [3.05, 3.63) is 35.4 Å². The number of nitrogens with one attached hydrogen (secondary N) is 1. The highest BCUT2D eigenvalue weighted by molar-refractivity contribution is 5.34. The third kappa shape index (κ3) is 13.0. The van der Waals surface area contributed by atoms with Crippen molar-refractivity contribution in [3.63, 3.8) is 0 Å². The van der Waals surface area contributed by atoms with E-state index in [0.717, 1.165) is 0 Å². The number of hydrogen-bond donors (Lipinski definition) is 1. The van der Waals surface area contributed by atoms with Crippen molar-refractivity contribution < 1.29 is 0 Å². The molecule has 0 aromatic heterocycles. The molecule has 0 unspecified atom stereocenters. The Morgan fingerprint density at radius 3 is 1.45 bits per heavy atom. The van der Waals surface area contributed by atoms with Gasteiger partial charge < -0.3 is 5.32 Å². The first-order valence-corrected chi connectivity index (χ1v) is 15.0. The Hall–Kier alpha value is -0.820. The molecular weight excluding hydrogens is 398 g/mol. The number of unbranched alkanes of at least 4 members (excludes halogenated alkanes) is 15. The topological polar surface area (TPSA) is 12.0 Å². The van der Waals surface area contributed by atoms with Crippen LogP contribution in [-0.2, 0) is 12.0 Å². The van der Waals surface area contributed by atoms with Crippen LogP contribution in [0.5, 0.6) is 0 Å². The van der Waals surface area contributed by atoms with Gasteiger partial charge in [0.05, 0.1) is 0 Å². The Balaban J connectivity index is 2.80. The van der Waals surface area contributed by atoms with Crippen LogP contribution in [0, 0.1) is 0 Å². The molecule has 1 aromatic carbocycles. The zero-order valence-corrected chi connectivity index (χ0v) is 23.2. The van der Waals surface area contributed by atoms with E-state index in [4.69, 9.17) is 0 Å². The molecule has 1 aromatic rings.